The monoisotopic (exact) mass is 446 g/mol. The first kappa shape index (κ1) is 21.8. The van der Waals surface area contributed by atoms with Crippen LogP contribution < -0.4 is 4.90 Å². The number of carbonyl (C=O) groups excluding carboxylic acids is 1. The Labute approximate surface area is 188 Å². The van der Waals surface area contributed by atoms with Crippen molar-refractivity contribution in [1.82, 2.24) is 4.98 Å². The SMILES string of the molecule is CCCN(C(=O)C(C)c1ccc(S(=O)(=O)c2ccccc2)cc1)c1ccc2cc[nH]c2c1. The number of carbonyl (C=O) groups is 1. The summed E-state index contributed by atoms with van der Waals surface area (Å²) in [6, 6.07) is 22.9. The second-order valence-electron chi connectivity index (χ2n) is 7.85. The molecule has 0 aliphatic heterocycles. The van der Waals surface area contributed by atoms with Crippen LogP contribution in [0.1, 0.15) is 31.7 Å². The molecule has 0 bridgehead atoms. The van der Waals surface area contributed by atoms with Gasteiger partial charge in [-0.2, -0.15) is 0 Å². The molecular formula is C26H26N2O3S. The first-order chi connectivity index (χ1) is 15.4. The quantitative estimate of drug-likeness (QED) is 0.405. The summed E-state index contributed by atoms with van der Waals surface area (Å²) in [5.74, 6) is -0.425. The number of amides is 1. The fourth-order valence-corrected chi connectivity index (χ4v) is 5.12. The van der Waals surface area contributed by atoms with Gasteiger partial charge in [0.15, 0.2) is 0 Å². The second kappa shape index (κ2) is 9.01. The van der Waals surface area contributed by atoms with Crippen molar-refractivity contribution in [2.24, 2.45) is 0 Å². The van der Waals surface area contributed by atoms with E-state index < -0.39 is 15.8 Å². The van der Waals surface area contributed by atoms with Crippen LogP contribution in [0.25, 0.3) is 10.9 Å². The molecule has 0 fully saturated rings. The van der Waals surface area contributed by atoms with Crippen molar-refractivity contribution in [3.05, 3.63) is 90.6 Å². The predicted molar refractivity (Wildman–Crippen MR) is 128 cm³/mol. The molecule has 0 aliphatic rings. The van der Waals surface area contributed by atoms with Gasteiger partial charge in [-0.3, -0.25) is 4.79 Å². The Bertz CT molecular complexity index is 1330. The zero-order chi connectivity index (χ0) is 22.7. The van der Waals surface area contributed by atoms with Crippen molar-refractivity contribution in [2.45, 2.75) is 36.0 Å². The van der Waals surface area contributed by atoms with Crippen LogP contribution >= 0.6 is 0 Å². The Morgan fingerprint density at radius 1 is 0.938 bits per heavy atom. The highest BCUT2D eigenvalue weighted by atomic mass is 32.2. The number of benzene rings is 3. The molecular weight excluding hydrogens is 420 g/mol. The molecule has 5 nitrogen and oxygen atoms in total. The minimum absolute atomic E-state index is 0.0172. The summed E-state index contributed by atoms with van der Waals surface area (Å²) in [4.78, 5) is 18.9. The fourth-order valence-electron chi connectivity index (χ4n) is 3.84. The van der Waals surface area contributed by atoms with Gasteiger partial charge in [-0.05, 0) is 66.8 Å². The van der Waals surface area contributed by atoms with E-state index in [1.54, 1.807) is 59.5 Å². The Kier molecular flexibility index (Phi) is 6.15. The smallest absolute Gasteiger partial charge is 0.234 e. The van der Waals surface area contributed by atoms with E-state index in [0.717, 1.165) is 28.6 Å². The molecule has 0 radical (unpaired) electrons. The molecule has 6 heteroatoms. The number of nitrogens with one attached hydrogen (secondary N) is 1. The lowest BCUT2D eigenvalue weighted by atomic mass is 9.99. The number of fused-ring (bicyclic) bond motifs is 1. The summed E-state index contributed by atoms with van der Waals surface area (Å²) in [5.41, 5.74) is 2.62. The fraction of sp³-hybridized carbons (Fsp3) is 0.192. The van der Waals surface area contributed by atoms with Gasteiger partial charge in [0.1, 0.15) is 0 Å². The molecule has 0 saturated carbocycles. The van der Waals surface area contributed by atoms with Crippen molar-refractivity contribution in [3.8, 4) is 0 Å². The molecule has 1 amide bonds. The zero-order valence-electron chi connectivity index (χ0n) is 18.2. The standard InChI is InChI=1S/C26H26N2O3S/c1-3-17-28(22-12-9-21-15-16-27-25(21)18-22)26(29)19(2)20-10-13-24(14-11-20)32(30,31)23-7-5-4-6-8-23/h4-16,18-19,27H,3,17H2,1-2H3. The largest absolute Gasteiger partial charge is 0.361 e. The molecule has 3 aromatic carbocycles. The number of anilines is 1. The van der Waals surface area contributed by atoms with Gasteiger partial charge in [-0.25, -0.2) is 8.42 Å². The topological polar surface area (TPSA) is 70.2 Å². The summed E-state index contributed by atoms with van der Waals surface area (Å²) in [5, 5.41) is 1.10. The van der Waals surface area contributed by atoms with Crippen molar-refractivity contribution in [2.75, 3.05) is 11.4 Å². The van der Waals surface area contributed by atoms with E-state index in [0.29, 0.717) is 6.54 Å². The minimum Gasteiger partial charge on any atom is -0.361 e. The van der Waals surface area contributed by atoms with Gasteiger partial charge in [0.25, 0.3) is 0 Å². The zero-order valence-corrected chi connectivity index (χ0v) is 19.0. The molecule has 0 saturated heterocycles. The number of aromatic nitrogens is 1. The lowest BCUT2D eigenvalue weighted by Crippen LogP contribution is -2.35. The first-order valence-electron chi connectivity index (χ1n) is 10.7. The number of nitrogens with zero attached hydrogens (tertiary/aromatic N) is 1. The molecule has 4 aromatic rings. The summed E-state index contributed by atoms with van der Waals surface area (Å²) in [7, 11) is -3.58. The number of hydrogen-bond acceptors (Lipinski definition) is 3. The average Bonchev–Trinajstić information content (AvgIpc) is 3.30. The van der Waals surface area contributed by atoms with E-state index in [4.69, 9.17) is 0 Å². The first-order valence-corrected chi connectivity index (χ1v) is 12.2. The molecule has 1 unspecified atom stereocenters. The maximum absolute atomic E-state index is 13.4. The van der Waals surface area contributed by atoms with Gasteiger partial charge in [0, 0.05) is 23.9 Å². The predicted octanol–water partition coefficient (Wildman–Crippen LogP) is 5.55. The highest BCUT2D eigenvalue weighted by molar-refractivity contribution is 7.91. The molecule has 1 heterocycles. The van der Waals surface area contributed by atoms with Gasteiger partial charge in [-0.15, -0.1) is 0 Å². The summed E-state index contributed by atoms with van der Waals surface area (Å²) in [6.45, 7) is 4.51. The highest BCUT2D eigenvalue weighted by Crippen LogP contribution is 2.28. The minimum atomic E-state index is -3.58. The molecule has 0 aliphatic carbocycles. The van der Waals surface area contributed by atoms with E-state index >= 15 is 0 Å². The van der Waals surface area contributed by atoms with Crippen molar-refractivity contribution in [1.29, 1.82) is 0 Å². The van der Waals surface area contributed by atoms with Crippen LogP contribution in [0.4, 0.5) is 5.69 Å². The average molecular weight is 447 g/mol. The third kappa shape index (κ3) is 4.18. The van der Waals surface area contributed by atoms with Crippen LogP contribution in [0.3, 0.4) is 0 Å². The normalized spacial score (nSPS) is 12.6. The third-order valence-electron chi connectivity index (χ3n) is 5.68. The third-order valence-corrected chi connectivity index (χ3v) is 7.46. The van der Waals surface area contributed by atoms with E-state index in [-0.39, 0.29) is 15.7 Å². The molecule has 1 atom stereocenters. The van der Waals surface area contributed by atoms with E-state index in [1.165, 1.54) is 0 Å². The Morgan fingerprint density at radius 2 is 1.62 bits per heavy atom. The van der Waals surface area contributed by atoms with Crippen LogP contribution in [-0.2, 0) is 14.6 Å². The van der Waals surface area contributed by atoms with Gasteiger partial charge in [-0.1, -0.05) is 43.3 Å². The molecule has 1 N–H and O–H groups in total. The van der Waals surface area contributed by atoms with E-state index in [1.807, 2.05) is 44.3 Å². The van der Waals surface area contributed by atoms with Crippen LogP contribution in [0.5, 0.6) is 0 Å². The number of rotatable bonds is 7. The summed E-state index contributed by atoms with van der Waals surface area (Å²) in [6.07, 6.45) is 2.71. The Hall–Kier alpha value is -3.38. The molecule has 4 rings (SSSR count). The van der Waals surface area contributed by atoms with Crippen LogP contribution in [0.15, 0.2) is 94.9 Å². The molecule has 32 heavy (non-hydrogen) atoms. The van der Waals surface area contributed by atoms with Crippen LogP contribution in [0.2, 0.25) is 0 Å². The lowest BCUT2D eigenvalue weighted by Gasteiger charge is -2.26. The van der Waals surface area contributed by atoms with Crippen molar-refractivity contribution >= 4 is 32.3 Å². The molecule has 164 valence electrons. The summed E-state index contributed by atoms with van der Waals surface area (Å²) < 4.78 is 25.7. The Balaban J connectivity index is 1.59. The number of aromatic amines is 1. The van der Waals surface area contributed by atoms with Crippen LogP contribution in [-0.4, -0.2) is 25.9 Å². The van der Waals surface area contributed by atoms with Gasteiger partial charge >= 0.3 is 0 Å². The maximum atomic E-state index is 13.4. The van der Waals surface area contributed by atoms with E-state index in [2.05, 4.69) is 4.98 Å². The molecule has 1 aromatic heterocycles. The van der Waals surface area contributed by atoms with E-state index in [9.17, 15) is 13.2 Å². The van der Waals surface area contributed by atoms with Crippen molar-refractivity contribution < 1.29 is 13.2 Å². The number of hydrogen-bond donors (Lipinski definition) is 1. The Morgan fingerprint density at radius 3 is 2.31 bits per heavy atom. The van der Waals surface area contributed by atoms with Gasteiger partial charge in [0.2, 0.25) is 15.7 Å². The lowest BCUT2D eigenvalue weighted by molar-refractivity contribution is -0.119. The van der Waals surface area contributed by atoms with Crippen molar-refractivity contribution in [3.63, 3.8) is 0 Å². The van der Waals surface area contributed by atoms with Gasteiger partial charge < -0.3 is 9.88 Å². The number of sulfone groups is 1. The maximum Gasteiger partial charge on any atom is 0.234 e. The van der Waals surface area contributed by atoms with Crippen LogP contribution in [0, 0.1) is 0 Å². The second-order valence-corrected chi connectivity index (χ2v) is 9.80. The summed E-state index contributed by atoms with van der Waals surface area (Å²) >= 11 is 0. The number of H-pyrrole nitrogens is 1. The van der Waals surface area contributed by atoms with Gasteiger partial charge in [0.05, 0.1) is 15.7 Å². The highest BCUT2D eigenvalue weighted by Gasteiger charge is 2.24. The molecule has 0 spiro atoms.